The number of hydrogen-bond donors (Lipinski definition) is 1. The van der Waals surface area contributed by atoms with E-state index < -0.39 is 23.8 Å². The van der Waals surface area contributed by atoms with Crippen molar-refractivity contribution in [3.63, 3.8) is 0 Å². The maximum atomic E-state index is 13.6. The number of carbonyl (C=O) groups excluding carboxylic acids is 2. The zero-order valence-corrected chi connectivity index (χ0v) is 15.2. The van der Waals surface area contributed by atoms with Crippen LogP contribution in [0.3, 0.4) is 0 Å². The Bertz CT molecular complexity index is 927. The molecule has 3 rings (SSSR count). The Morgan fingerprint density at radius 1 is 1.18 bits per heavy atom. The highest BCUT2D eigenvalue weighted by Gasteiger charge is 2.19. The summed E-state index contributed by atoms with van der Waals surface area (Å²) in [5, 5.41) is 2.63. The predicted octanol–water partition coefficient (Wildman–Crippen LogP) is 3.15. The van der Waals surface area contributed by atoms with Crippen molar-refractivity contribution in [1.82, 2.24) is 0 Å². The highest BCUT2D eigenvalue weighted by molar-refractivity contribution is 5.96. The summed E-state index contributed by atoms with van der Waals surface area (Å²) in [4.78, 5) is 24.1. The van der Waals surface area contributed by atoms with Crippen molar-refractivity contribution in [3.8, 4) is 17.2 Å². The molecular weight excluding hydrogens is 369 g/mol. The molecule has 0 unspecified atom stereocenters. The molecule has 2 aromatic rings. The molecule has 0 spiro atoms. The number of anilines is 1. The Balaban J connectivity index is 1.54. The summed E-state index contributed by atoms with van der Waals surface area (Å²) < 4.78 is 34.0. The largest absolute Gasteiger partial charge is 0.494 e. The summed E-state index contributed by atoms with van der Waals surface area (Å²) in [6.07, 6.45) is 1.47. The predicted molar refractivity (Wildman–Crippen MR) is 98.7 cm³/mol. The van der Waals surface area contributed by atoms with Crippen LogP contribution in [0.4, 0.5) is 10.1 Å². The first-order valence-electron chi connectivity index (χ1n) is 8.39. The molecule has 2 aromatic carbocycles. The van der Waals surface area contributed by atoms with E-state index in [1.165, 1.54) is 32.2 Å². The lowest BCUT2D eigenvalue weighted by Crippen LogP contribution is -2.29. The first-order valence-corrected chi connectivity index (χ1v) is 8.39. The van der Waals surface area contributed by atoms with Crippen molar-refractivity contribution in [1.29, 1.82) is 0 Å². The van der Waals surface area contributed by atoms with Gasteiger partial charge >= 0.3 is 5.97 Å². The van der Waals surface area contributed by atoms with Crippen LogP contribution in [-0.4, -0.2) is 31.9 Å². The molecule has 0 saturated heterocycles. The number of amides is 1. The fourth-order valence-electron chi connectivity index (χ4n) is 2.44. The van der Waals surface area contributed by atoms with Gasteiger partial charge in [0.2, 0.25) is 6.79 Å². The molecule has 0 radical (unpaired) electrons. The summed E-state index contributed by atoms with van der Waals surface area (Å²) >= 11 is 0. The van der Waals surface area contributed by atoms with Crippen molar-refractivity contribution in [2.24, 2.45) is 0 Å². The van der Waals surface area contributed by atoms with Crippen molar-refractivity contribution >= 4 is 23.6 Å². The van der Waals surface area contributed by atoms with Gasteiger partial charge < -0.3 is 24.3 Å². The zero-order chi connectivity index (χ0) is 20.1. The highest BCUT2D eigenvalue weighted by atomic mass is 19.1. The monoisotopic (exact) mass is 387 g/mol. The molecule has 1 aliphatic heterocycles. The van der Waals surface area contributed by atoms with Crippen molar-refractivity contribution in [2.45, 2.75) is 13.0 Å². The SMILES string of the molecule is COc1ccc(/C=C/C(=O)O[C@@H](C)C(=O)Nc2ccc3c(c2)OCO3)cc1F. The average molecular weight is 387 g/mol. The maximum absolute atomic E-state index is 13.6. The van der Waals surface area contributed by atoms with Gasteiger partial charge in [0.25, 0.3) is 5.91 Å². The van der Waals surface area contributed by atoms with Gasteiger partial charge in [0.05, 0.1) is 7.11 Å². The summed E-state index contributed by atoms with van der Waals surface area (Å²) in [5.41, 5.74) is 0.939. The normalized spacial score (nSPS) is 13.2. The first kappa shape index (κ1) is 19.2. The third-order valence-corrected chi connectivity index (χ3v) is 3.89. The average Bonchev–Trinajstić information content (AvgIpc) is 3.14. The smallest absolute Gasteiger partial charge is 0.331 e. The van der Waals surface area contributed by atoms with Crippen LogP contribution >= 0.6 is 0 Å². The molecule has 0 saturated carbocycles. The molecule has 0 aromatic heterocycles. The molecule has 146 valence electrons. The fourth-order valence-corrected chi connectivity index (χ4v) is 2.44. The Kier molecular flexibility index (Phi) is 5.78. The van der Waals surface area contributed by atoms with E-state index in [4.69, 9.17) is 18.9 Å². The van der Waals surface area contributed by atoms with Crippen molar-refractivity contribution in [2.75, 3.05) is 19.2 Å². The van der Waals surface area contributed by atoms with Gasteiger partial charge in [0.15, 0.2) is 29.2 Å². The number of carbonyl (C=O) groups is 2. The number of fused-ring (bicyclic) bond motifs is 1. The molecule has 0 fully saturated rings. The maximum Gasteiger partial charge on any atom is 0.331 e. The lowest BCUT2D eigenvalue weighted by atomic mass is 10.2. The molecule has 28 heavy (non-hydrogen) atoms. The minimum absolute atomic E-state index is 0.105. The molecule has 7 nitrogen and oxygen atoms in total. The van der Waals surface area contributed by atoms with Gasteiger partial charge in [-0.1, -0.05) is 6.07 Å². The third kappa shape index (κ3) is 4.59. The highest BCUT2D eigenvalue weighted by Crippen LogP contribution is 2.34. The molecule has 1 atom stereocenters. The van der Waals surface area contributed by atoms with Gasteiger partial charge in [-0.3, -0.25) is 4.79 Å². The summed E-state index contributed by atoms with van der Waals surface area (Å²) in [6, 6.07) is 9.19. The number of methoxy groups -OCH3 is 1. The Morgan fingerprint density at radius 2 is 1.96 bits per heavy atom. The second-order valence-corrected chi connectivity index (χ2v) is 5.86. The van der Waals surface area contributed by atoms with Crippen molar-refractivity contribution in [3.05, 3.63) is 53.9 Å². The van der Waals surface area contributed by atoms with Gasteiger partial charge in [0, 0.05) is 17.8 Å². The topological polar surface area (TPSA) is 83.1 Å². The summed E-state index contributed by atoms with van der Waals surface area (Å²) in [5.74, 6) is -0.557. The summed E-state index contributed by atoms with van der Waals surface area (Å²) in [6.45, 7) is 1.58. The number of benzene rings is 2. The van der Waals surface area contributed by atoms with Crippen LogP contribution in [0.2, 0.25) is 0 Å². The lowest BCUT2D eigenvalue weighted by molar-refractivity contribution is -0.148. The van der Waals surface area contributed by atoms with Crippen LogP contribution in [0.5, 0.6) is 17.2 Å². The van der Waals surface area contributed by atoms with E-state index in [1.807, 2.05) is 0 Å². The Hall–Kier alpha value is -3.55. The minimum atomic E-state index is -1.03. The number of esters is 1. The van der Waals surface area contributed by atoms with E-state index in [-0.39, 0.29) is 12.5 Å². The van der Waals surface area contributed by atoms with Crippen molar-refractivity contribution < 1.29 is 32.9 Å². The molecular formula is C20H18FNO6. The molecule has 1 amide bonds. The second-order valence-electron chi connectivity index (χ2n) is 5.86. The molecule has 1 heterocycles. The summed E-state index contributed by atoms with van der Waals surface area (Å²) in [7, 11) is 1.36. The third-order valence-electron chi connectivity index (χ3n) is 3.89. The molecule has 0 aliphatic carbocycles. The van der Waals surface area contributed by atoms with Crippen LogP contribution in [0.25, 0.3) is 6.08 Å². The van der Waals surface area contributed by atoms with Gasteiger partial charge in [-0.2, -0.15) is 0 Å². The number of hydrogen-bond acceptors (Lipinski definition) is 6. The van der Waals surface area contributed by atoms with Gasteiger partial charge in [-0.15, -0.1) is 0 Å². The lowest BCUT2D eigenvalue weighted by Gasteiger charge is -2.12. The van der Waals surface area contributed by atoms with Gasteiger partial charge in [-0.05, 0) is 42.8 Å². The van der Waals surface area contributed by atoms with Crippen LogP contribution in [0.1, 0.15) is 12.5 Å². The van der Waals surface area contributed by atoms with E-state index in [0.717, 1.165) is 6.08 Å². The van der Waals surface area contributed by atoms with E-state index >= 15 is 0 Å². The van der Waals surface area contributed by atoms with Gasteiger partial charge in [-0.25, -0.2) is 9.18 Å². The van der Waals surface area contributed by atoms with Crippen LogP contribution in [-0.2, 0) is 14.3 Å². The van der Waals surface area contributed by atoms with Crippen LogP contribution in [0, 0.1) is 5.82 Å². The van der Waals surface area contributed by atoms with Crippen LogP contribution < -0.4 is 19.5 Å². The first-order chi connectivity index (χ1) is 13.5. The van der Waals surface area contributed by atoms with E-state index in [0.29, 0.717) is 22.7 Å². The van der Waals surface area contributed by atoms with Gasteiger partial charge in [0.1, 0.15) is 0 Å². The quantitative estimate of drug-likeness (QED) is 0.606. The van der Waals surface area contributed by atoms with E-state index in [1.54, 1.807) is 24.3 Å². The number of nitrogens with one attached hydrogen (secondary N) is 1. The second kappa shape index (κ2) is 8.43. The molecule has 1 aliphatic rings. The minimum Gasteiger partial charge on any atom is -0.494 e. The van der Waals surface area contributed by atoms with Crippen LogP contribution in [0.15, 0.2) is 42.5 Å². The number of rotatable bonds is 6. The number of ether oxygens (including phenoxy) is 4. The Labute approximate surface area is 160 Å². The number of halogens is 1. The molecule has 0 bridgehead atoms. The standard InChI is InChI=1S/C20H18FNO6/c1-12(20(24)22-14-5-7-17-18(10-14)27-11-26-17)28-19(23)8-4-13-3-6-16(25-2)15(21)9-13/h3-10,12H,11H2,1-2H3,(H,22,24)/b8-4+/t12-/m0/s1. The van der Waals surface area contributed by atoms with E-state index in [2.05, 4.69) is 5.32 Å². The molecule has 8 heteroatoms. The molecule has 1 N–H and O–H groups in total. The zero-order valence-electron chi connectivity index (χ0n) is 15.2. The fraction of sp³-hybridized carbons (Fsp3) is 0.200. The Morgan fingerprint density at radius 3 is 2.71 bits per heavy atom. The van der Waals surface area contributed by atoms with E-state index in [9.17, 15) is 14.0 Å².